The predicted octanol–water partition coefficient (Wildman–Crippen LogP) is 2.85. The third-order valence-corrected chi connectivity index (χ3v) is 6.70. The van der Waals surface area contributed by atoms with Crippen LogP contribution in [0.3, 0.4) is 0 Å². The van der Waals surface area contributed by atoms with Gasteiger partial charge < -0.3 is 9.73 Å². The Labute approximate surface area is 159 Å². The molecule has 0 spiro atoms. The van der Waals surface area contributed by atoms with Crippen molar-refractivity contribution in [3.63, 3.8) is 0 Å². The summed E-state index contributed by atoms with van der Waals surface area (Å²) in [4.78, 5) is 12.6. The molecule has 2 aromatic rings. The first-order valence-corrected chi connectivity index (χ1v) is 11.0. The second kappa shape index (κ2) is 7.48. The zero-order valence-corrected chi connectivity index (χ0v) is 15.9. The molecule has 1 unspecified atom stereocenters. The number of aryl methyl sites for hydroxylation is 2. The van der Waals surface area contributed by atoms with Gasteiger partial charge >= 0.3 is 0 Å². The number of hydrogen-bond acceptors (Lipinski definition) is 4. The van der Waals surface area contributed by atoms with Gasteiger partial charge in [0.2, 0.25) is 15.9 Å². The third-order valence-electron chi connectivity index (χ3n) is 5.16. The summed E-state index contributed by atoms with van der Waals surface area (Å²) in [7, 11) is -3.43. The zero-order valence-electron chi connectivity index (χ0n) is 15.1. The van der Waals surface area contributed by atoms with E-state index < -0.39 is 10.0 Å². The van der Waals surface area contributed by atoms with E-state index in [2.05, 4.69) is 10.0 Å². The van der Waals surface area contributed by atoms with Crippen molar-refractivity contribution in [2.24, 2.45) is 0 Å². The van der Waals surface area contributed by atoms with E-state index in [1.807, 2.05) is 6.07 Å². The largest absolute Gasteiger partial charge is 0.469 e. The van der Waals surface area contributed by atoms with Gasteiger partial charge in [-0.05, 0) is 55.9 Å². The van der Waals surface area contributed by atoms with Gasteiger partial charge in [-0.25, -0.2) is 13.1 Å². The summed E-state index contributed by atoms with van der Waals surface area (Å²) in [5, 5.41) is 3.09. The van der Waals surface area contributed by atoms with Crippen LogP contribution in [0.25, 0.3) is 0 Å². The Morgan fingerprint density at radius 3 is 2.63 bits per heavy atom. The van der Waals surface area contributed by atoms with Crippen LogP contribution in [-0.4, -0.2) is 20.4 Å². The average Bonchev–Trinajstić information content (AvgIpc) is 3.31. The van der Waals surface area contributed by atoms with E-state index >= 15 is 0 Å². The van der Waals surface area contributed by atoms with E-state index in [1.54, 1.807) is 30.5 Å². The molecular formula is C20H24N2O4S. The maximum atomic E-state index is 12.3. The van der Waals surface area contributed by atoms with E-state index in [9.17, 15) is 13.2 Å². The number of nitrogens with one attached hydrogen (secondary N) is 2. The molecule has 1 fully saturated rings. The first-order valence-electron chi connectivity index (χ1n) is 9.48. The summed E-state index contributed by atoms with van der Waals surface area (Å²) < 4.78 is 32.5. The van der Waals surface area contributed by atoms with Gasteiger partial charge in [0.1, 0.15) is 5.76 Å². The van der Waals surface area contributed by atoms with Crippen molar-refractivity contribution in [2.75, 3.05) is 0 Å². The van der Waals surface area contributed by atoms with Gasteiger partial charge in [-0.2, -0.15) is 0 Å². The number of fused-ring (bicyclic) bond motifs is 1. The number of hydrogen-bond donors (Lipinski definition) is 2. The van der Waals surface area contributed by atoms with Gasteiger partial charge in [-0.3, -0.25) is 4.79 Å². The Bertz CT molecular complexity index is 914. The highest BCUT2D eigenvalue weighted by atomic mass is 32.2. The van der Waals surface area contributed by atoms with Crippen molar-refractivity contribution in [3.8, 4) is 0 Å². The molecule has 2 aliphatic carbocycles. The van der Waals surface area contributed by atoms with Crippen LogP contribution in [0.5, 0.6) is 0 Å². The number of carbonyl (C=O) groups is 1. The van der Waals surface area contributed by atoms with Crippen molar-refractivity contribution < 1.29 is 17.6 Å². The molecule has 0 saturated heterocycles. The molecule has 1 saturated carbocycles. The molecule has 6 nitrogen and oxygen atoms in total. The summed E-state index contributed by atoms with van der Waals surface area (Å²) in [5.74, 6) is 0.976. The number of carbonyl (C=O) groups excluding carboxylic acids is 1. The number of benzene rings is 1. The lowest BCUT2D eigenvalue weighted by Crippen LogP contribution is -2.30. The van der Waals surface area contributed by atoms with Gasteiger partial charge in [-0.1, -0.05) is 12.1 Å². The fraction of sp³-hybridized carbons (Fsp3) is 0.450. The molecule has 2 N–H and O–H groups in total. The smallest absolute Gasteiger partial charge is 0.240 e. The highest BCUT2D eigenvalue weighted by molar-refractivity contribution is 7.89. The summed E-state index contributed by atoms with van der Waals surface area (Å²) >= 11 is 0. The minimum Gasteiger partial charge on any atom is -0.469 e. The van der Waals surface area contributed by atoms with Crippen LogP contribution >= 0.6 is 0 Å². The van der Waals surface area contributed by atoms with Gasteiger partial charge in [-0.15, -0.1) is 0 Å². The maximum Gasteiger partial charge on any atom is 0.240 e. The molecule has 4 rings (SSSR count). The quantitative estimate of drug-likeness (QED) is 0.763. The van der Waals surface area contributed by atoms with Crippen LogP contribution in [0.1, 0.15) is 55.0 Å². The monoisotopic (exact) mass is 388 g/mol. The van der Waals surface area contributed by atoms with Gasteiger partial charge in [0.25, 0.3) is 0 Å². The fourth-order valence-electron chi connectivity index (χ4n) is 3.48. The Morgan fingerprint density at radius 1 is 1.11 bits per heavy atom. The van der Waals surface area contributed by atoms with Crippen molar-refractivity contribution in [3.05, 3.63) is 53.5 Å². The molecule has 0 aliphatic heterocycles. The average molecular weight is 388 g/mol. The summed E-state index contributed by atoms with van der Waals surface area (Å²) in [5.41, 5.74) is 2.04. The Morgan fingerprint density at radius 2 is 1.89 bits per heavy atom. The molecule has 2 aliphatic rings. The normalized spacial score (nSPS) is 19.5. The van der Waals surface area contributed by atoms with Gasteiger partial charge in [0, 0.05) is 24.4 Å². The lowest BCUT2D eigenvalue weighted by Gasteiger charge is -2.22. The summed E-state index contributed by atoms with van der Waals surface area (Å²) in [6.45, 7) is 0. The first kappa shape index (κ1) is 18.3. The van der Waals surface area contributed by atoms with Gasteiger partial charge in [0.05, 0.1) is 17.2 Å². The molecule has 0 bridgehead atoms. The minimum absolute atomic E-state index is 0.00106. The fourth-order valence-corrected chi connectivity index (χ4v) is 4.79. The summed E-state index contributed by atoms with van der Waals surface area (Å²) in [6, 6.07) is 8.84. The van der Waals surface area contributed by atoms with Crippen LogP contribution in [-0.2, 0) is 27.7 Å². The molecule has 1 atom stereocenters. The zero-order chi connectivity index (χ0) is 18.9. The van der Waals surface area contributed by atoms with E-state index in [0.717, 1.165) is 49.0 Å². The molecular weight excluding hydrogens is 364 g/mol. The van der Waals surface area contributed by atoms with Crippen molar-refractivity contribution in [1.29, 1.82) is 0 Å². The molecule has 144 valence electrons. The Hall–Kier alpha value is -2.12. The Kier molecular flexibility index (Phi) is 5.06. The number of sulfonamides is 1. The van der Waals surface area contributed by atoms with Crippen LogP contribution in [0, 0.1) is 0 Å². The lowest BCUT2D eigenvalue weighted by molar-refractivity contribution is -0.121. The standard InChI is InChI=1S/C20H24N2O4S/c23-20(21-18-2-1-3-19-17(18)12-13-26-19)11-6-14-4-9-16(10-5-14)27(24,25)22-15-7-8-15/h4-5,9-10,12-13,15,18,22H,1-3,6-8,11H2,(H,21,23). The SMILES string of the molecule is O=C(CCc1ccc(S(=O)(=O)NC2CC2)cc1)NC1CCCc2occc21. The number of amides is 1. The van der Waals surface area contributed by atoms with Crippen LogP contribution in [0.2, 0.25) is 0 Å². The lowest BCUT2D eigenvalue weighted by atomic mass is 9.93. The van der Waals surface area contributed by atoms with Crippen molar-refractivity contribution in [2.45, 2.75) is 61.9 Å². The molecule has 0 radical (unpaired) electrons. The third kappa shape index (κ3) is 4.42. The van der Waals surface area contributed by atoms with E-state index in [-0.39, 0.29) is 22.9 Å². The first-order chi connectivity index (χ1) is 13.0. The number of furan rings is 1. The van der Waals surface area contributed by atoms with Crippen LogP contribution < -0.4 is 10.0 Å². The number of rotatable bonds is 7. The summed E-state index contributed by atoms with van der Waals surface area (Å²) in [6.07, 6.45) is 7.32. The molecule has 7 heteroatoms. The predicted molar refractivity (Wildman–Crippen MR) is 101 cm³/mol. The van der Waals surface area contributed by atoms with Crippen molar-refractivity contribution >= 4 is 15.9 Å². The molecule has 1 amide bonds. The minimum atomic E-state index is -3.43. The second-order valence-corrected chi connectivity index (χ2v) is 9.06. The molecule has 1 heterocycles. The molecule has 27 heavy (non-hydrogen) atoms. The molecule has 1 aromatic heterocycles. The Balaban J connectivity index is 1.30. The topological polar surface area (TPSA) is 88.4 Å². The highest BCUT2D eigenvalue weighted by Gasteiger charge is 2.28. The van der Waals surface area contributed by atoms with Crippen LogP contribution in [0.15, 0.2) is 45.9 Å². The molecule has 1 aromatic carbocycles. The highest BCUT2D eigenvalue weighted by Crippen LogP contribution is 2.30. The van der Waals surface area contributed by atoms with E-state index in [0.29, 0.717) is 12.8 Å². The van der Waals surface area contributed by atoms with E-state index in [1.165, 1.54) is 0 Å². The second-order valence-electron chi connectivity index (χ2n) is 7.35. The van der Waals surface area contributed by atoms with Crippen molar-refractivity contribution in [1.82, 2.24) is 10.0 Å². The maximum absolute atomic E-state index is 12.3. The van der Waals surface area contributed by atoms with E-state index in [4.69, 9.17) is 4.42 Å². The van der Waals surface area contributed by atoms with Gasteiger partial charge in [0.15, 0.2) is 0 Å². The van der Waals surface area contributed by atoms with Crippen LogP contribution in [0.4, 0.5) is 0 Å².